The maximum atomic E-state index is 12.9. The molecule has 3 aromatic rings. The zero-order valence-corrected chi connectivity index (χ0v) is 12.0. The molecule has 0 N–H and O–H groups in total. The average molecular weight is 320 g/mol. The van der Waals surface area contributed by atoms with Crippen molar-refractivity contribution in [1.82, 2.24) is 0 Å². The Balaban J connectivity index is 2.32. The van der Waals surface area contributed by atoms with Gasteiger partial charge >= 0.3 is 6.18 Å². The summed E-state index contributed by atoms with van der Waals surface area (Å²) in [4.78, 5) is 12.6. The fourth-order valence-corrected chi connectivity index (χ4v) is 2.37. The third-order valence-corrected chi connectivity index (χ3v) is 3.43. The smallest absolute Gasteiger partial charge is 0.416 e. The normalized spacial score (nSPS) is 11.7. The molecule has 0 amide bonds. The molecule has 0 bridgehead atoms. The van der Waals surface area contributed by atoms with E-state index in [4.69, 9.17) is 9.15 Å². The maximum Gasteiger partial charge on any atom is 0.416 e. The fourth-order valence-electron chi connectivity index (χ4n) is 2.37. The van der Waals surface area contributed by atoms with Crippen LogP contribution in [0.2, 0.25) is 0 Å². The molecule has 0 aliphatic rings. The minimum absolute atomic E-state index is 0.0303. The summed E-state index contributed by atoms with van der Waals surface area (Å²) in [6.07, 6.45) is -4.50. The van der Waals surface area contributed by atoms with Gasteiger partial charge in [0.05, 0.1) is 18.1 Å². The second-order valence-electron chi connectivity index (χ2n) is 4.87. The number of benzene rings is 2. The molecule has 3 nitrogen and oxygen atoms in total. The predicted molar refractivity (Wildman–Crippen MR) is 79.5 cm³/mol. The van der Waals surface area contributed by atoms with E-state index in [1.165, 1.54) is 19.2 Å². The molecule has 0 atom stereocenters. The highest BCUT2D eigenvalue weighted by Gasteiger charge is 2.31. The molecule has 2 aromatic carbocycles. The van der Waals surface area contributed by atoms with Crippen LogP contribution in [0.4, 0.5) is 13.2 Å². The SMILES string of the molecule is COc1oc2ccccc2c(=O)c1-c1cccc(C(F)(F)F)c1. The van der Waals surface area contributed by atoms with Gasteiger partial charge in [0.2, 0.25) is 5.43 Å². The number of rotatable bonds is 2. The number of fused-ring (bicyclic) bond motifs is 1. The lowest BCUT2D eigenvalue weighted by Gasteiger charge is -2.11. The Morgan fingerprint density at radius 3 is 2.48 bits per heavy atom. The second-order valence-corrected chi connectivity index (χ2v) is 4.87. The molecule has 0 saturated heterocycles. The summed E-state index contributed by atoms with van der Waals surface area (Å²) >= 11 is 0. The maximum absolute atomic E-state index is 12.9. The van der Waals surface area contributed by atoms with Gasteiger partial charge in [-0.15, -0.1) is 0 Å². The van der Waals surface area contributed by atoms with Crippen LogP contribution in [0.5, 0.6) is 5.95 Å². The first kappa shape index (κ1) is 15.1. The van der Waals surface area contributed by atoms with E-state index in [0.717, 1.165) is 12.1 Å². The summed E-state index contributed by atoms with van der Waals surface area (Å²) < 4.78 is 49.2. The van der Waals surface area contributed by atoms with Gasteiger partial charge in [-0.25, -0.2) is 0 Å². The lowest BCUT2D eigenvalue weighted by atomic mass is 10.0. The number of methoxy groups -OCH3 is 1. The Kier molecular flexibility index (Phi) is 3.60. The molecule has 0 saturated carbocycles. The molecule has 0 aliphatic carbocycles. The van der Waals surface area contributed by atoms with E-state index in [1.807, 2.05) is 0 Å². The monoisotopic (exact) mass is 320 g/mol. The third-order valence-electron chi connectivity index (χ3n) is 3.43. The van der Waals surface area contributed by atoms with Crippen LogP contribution in [-0.4, -0.2) is 7.11 Å². The van der Waals surface area contributed by atoms with Crippen molar-refractivity contribution in [3.8, 4) is 17.1 Å². The van der Waals surface area contributed by atoms with E-state index in [0.29, 0.717) is 5.58 Å². The van der Waals surface area contributed by atoms with Crippen LogP contribution in [0, 0.1) is 0 Å². The van der Waals surface area contributed by atoms with Crippen molar-refractivity contribution >= 4 is 11.0 Å². The van der Waals surface area contributed by atoms with Crippen LogP contribution < -0.4 is 10.2 Å². The van der Waals surface area contributed by atoms with E-state index in [2.05, 4.69) is 0 Å². The van der Waals surface area contributed by atoms with Crippen LogP contribution in [0.15, 0.2) is 57.7 Å². The first-order valence-electron chi connectivity index (χ1n) is 6.69. The fraction of sp³-hybridized carbons (Fsp3) is 0.118. The van der Waals surface area contributed by atoms with Crippen LogP contribution in [-0.2, 0) is 6.18 Å². The largest absolute Gasteiger partial charge is 0.468 e. The predicted octanol–water partition coefficient (Wildman–Crippen LogP) is 4.49. The Bertz CT molecular complexity index is 926. The molecular weight excluding hydrogens is 309 g/mol. The Labute approximate surface area is 128 Å². The molecule has 6 heteroatoms. The molecule has 0 unspecified atom stereocenters. The number of halogens is 3. The molecule has 23 heavy (non-hydrogen) atoms. The molecule has 0 fully saturated rings. The first-order valence-corrected chi connectivity index (χ1v) is 6.69. The molecule has 3 rings (SSSR count). The van der Waals surface area contributed by atoms with Crippen molar-refractivity contribution < 1.29 is 22.3 Å². The minimum atomic E-state index is -4.50. The van der Waals surface area contributed by atoms with Crippen LogP contribution in [0.3, 0.4) is 0 Å². The highest BCUT2D eigenvalue weighted by molar-refractivity contribution is 5.84. The van der Waals surface area contributed by atoms with Crippen molar-refractivity contribution in [2.24, 2.45) is 0 Å². The summed E-state index contributed by atoms with van der Waals surface area (Å²) in [7, 11) is 1.30. The number of para-hydroxylation sites is 1. The summed E-state index contributed by atoms with van der Waals surface area (Å²) in [6.45, 7) is 0. The topological polar surface area (TPSA) is 39.4 Å². The van der Waals surface area contributed by atoms with Crippen LogP contribution >= 0.6 is 0 Å². The molecule has 0 spiro atoms. The average Bonchev–Trinajstić information content (AvgIpc) is 2.54. The Morgan fingerprint density at radius 2 is 1.78 bits per heavy atom. The molecule has 0 aliphatic heterocycles. The summed E-state index contributed by atoms with van der Waals surface area (Å²) in [5, 5.41) is 0.278. The number of alkyl halides is 3. The summed E-state index contributed by atoms with van der Waals surface area (Å²) in [5.74, 6) is -0.118. The first-order chi connectivity index (χ1) is 10.9. The Hall–Kier alpha value is -2.76. The highest BCUT2D eigenvalue weighted by Crippen LogP contribution is 2.35. The molecule has 1 aromatic heterocycles. The summed E-state index contributed by atoms with van der Waals surface area (Å²) in [5.41, 5.74) is -0.911. The number of ether oxygens (including phenoxy) is 1. The van der Waals surface area contributed by atoms with E-state index in [-0.39, 0.29) is 22.5 Å². The molecule has 118 valence electrons. The van der Waals surface area contributed by atoms with Gasteiger partial charge in [-0.05, 0) is 29.8 Å². The Morgan fingerprint density at radius 1 is 1.04 bits per heavy atom. The van der Waals surface area contributed by atoms with Gasteiger partial charge in [-0.2, -0.15) is 13.2 Å². The van der Waals surface area contributed by atoms with Crippen molar-refractivity contribution in [2.75, 3.05) is 7.11 Å². The van der Waals surface area contributed by atoms with Gasteiger partial charge in [0.15, 0.2) is 0 Å². The third kappa shape index (κ3) is 2.67. The number of hydrogen-bond donors (Lipinski definition) is 0. The molecular formula is C17H11F3O3. The second kappa shape index (κ2) is 5.46. The van der Waals surface area contributed by atoms with Crippen molar-refractivity contribution in [3.05, 3.63) is 64.3 Å². The van der Waals surface area contributed by atoms with Gasteiger partial charge in [0.1, 0.15) is 11.1 Å². The van der Waals surface area contributed by atoms with E-state index in [9.17, 15) is 18.0 Å². The number of hydrogen-bond acceptors (Lipinski definition) is 3. The van der Waals surface area contributed by atoms with E-state index < -0.39 is 17.2 Å². The van der Waals surface area contributed by atoms with E-state index >= 15 is 0 Å². The molecule has 1 heterocycles. The van der Waals surface area contributed by atoms with Gasteiger partial charge < -0.3 is 9.15 Å². The van der Waals surface area contributed by atoms with Crippen LogP contribution in [0.25, 0.3) is 22.1 Å². The van der Waals surface area contributed by atoms with Crippen LogP contribution in [0.1, 0.15) is 5.56 Å². The summed E-state index contributed by atoms with van der Waals surface area (Å²) in [6, 6.07) is 11.0. The molecule has 0 radical (unpaired) electrons. The van der Waals surface area contributed by atoms with Crippen molar-refractivity contribution in [2.45, 2.75) is 6.18 Å². The van der Waals surface area contributed by atoms with E-state index in [1.54, 1.807) is 24.3 Å². The quantitative estimate of drug-likeness (QED) is 0.698. The van der Waals surface area contributed by atoms with Gasteiger partial charge in [0.25, 0.3) is 5.95 Å². The standard InChI is InChI=1S/C17H11F3O3/c1-22-16-14(10-5-4-6-11(9-10)17(18,19)20)15(21)12-7-2-3-8-13(12)23-16/h2-9H,1H3. The lowest BCUT2D eigenvalue weighted by Crippen LogP contribution is -2.09. The van der Waals surface area contributed by atoms with Crippen molar-refractivity contribution in [3.63, 3.8) is 0 Å². The highest BCUT2D eigenvalue weighted by atomic mass is 19.4. The minimum Gasteiger partial charge on any atom is -0.468 e. The van der Waals surface area contributed by atoms with Gasteiger partial charge in [-0.1, -0.05) is 24.3 Å². The lowest BCUT2D eigenvalue weighted by molar-refractivity contribution is -0.137. The van der Waals surface area contributed by atoms with Gasteiger partial charge in [0, 0.05) is 0 Å². The zero-order valence-electron chi connectivity index (χ0n) is 12.0. The zero-order chi connectivity index (χ0) is 16.6. The van der Waals surface area contributed by atoms with Crippen molar-refractivity contribution in [1.29, 1.82) is 0 Å². The van der Waals surface area contributed by atoms with Gasteiger partial charge in [-0.3, -0.25) is 4.79 Å².